The van der Waals surface area contributed by atoms with Gasteiger partial charge in [0.1, 0.15) is 0 Å². The van der Waals surface area contributed by atoms with Crippen LogP contribution in [0.2, 0.25) is 0 Å². The third kappa shape index (κ3) is 2.56. The molecule has 0 aromatic rings. The highest BCUT2D eigenvalue weighted by molar-refractivity contribution is 7.99. The van der Waals surface area contributed by atoms with Gasteiger partial charge in [-0.15, -0.1) is 0 Å². The van der Waals surface area contributed by atoms with E-state index < -0.39 is 0 Å². The Balaban J connectivity index is 2.08. The maximum absolute atomic E-state index is 5.21. The molecular weight excluding hydrogens is 134 g/mol. The summed E-state index contributed by atoms with van der Waals surface area (Å²) in [7, 11) is 1.82. The number of hydrogen-bond acceptors (Lipinski definition) is 3. The van der Waals surface area contributed by atoms with Gasteiger partial charge in [0.2, 0.25) is 0 Å². The van der Waals surface area contributed by atoms with Gasteiger partial charge in [-0.2, -0.15) is 11.8 Å². The van der Waals surface area contributed by atoms with Crippen molar-refractivity contribution in [2.45, 2.75) is 18.9 Å². The molecule has 0 spiro atoms. The van der Waals surface area contributed by atoms with Gasteiger partial charge in [0.15, 0.2) is 0 Å². The predicted molar refractivity (Wildman–Crippen MR) is 40.5 cm³/mol. The molecule has 1 fully saturated rings. The highest BCUT2D eigenvalue weighted by atomic mass is 32.2. The Morgan fingerprint density at radius 2 is 2.56 bits per heavy atom. The molecule has 54 valence electrons. The SMILES string of the molecule is CNOC1CCCSC1. The monoisotopic (exact) mass is 147 g/mol. The average Bonchev–Trinajstić information content (AvgIpc) is 1.91. The minimum absolute atomic E-state index is 0.453. The molecule has 0 aliphatic carbocycles. The van der Waals surface area contributed by atoms with Gasteiger partial charge in [-0.3, -0.25) is 4.84 Å². The zero-order chi connectivity index (χ0) is 6.53. The molecule has 1 atom stereocenters. The lowest BCUT2D eigenvalue weighted by Gasteiger charge is -2.20. The van der Waals surface area contributed by atoms with E-state index in [0.717, 1.165) is 5.75 Å². The van der Waals surface area contributed by atoms with Crippen molar-refractivity contribution in [2.24, 2.45) is 0 Å². The fourth-order valence-electron chi connectivity index (χ4n) is 0.971. The molecule has 9 heavy (non-hydrogen) atoms. The Bertz CT molecular complexity index is 70.7. The van der Waals surface area contributed by atoms with Crippen molar-refractivity contribution in [3.63, 3.8) is 0 Å². The van der Waals surface area contributed by atoms with Crippen molar-refractivity contribution >= 4 is 11.8 Å². The lowest BCUT2D eigenvalue weighted by molar-refractivity contribution is -0.00421. The van der Waals surface area contributed by atoms with E-state index in [1.54, 1.807) is 0 Å². The van der Waals surface area contributed by atoms with Gasteiger partial charge in [0, 0.05) is 12.8 Å². The largest absolute Gasteiger partial charge is 0.298 e. The maximum Gasteiger partial charge on any atom is 0.0880 e. The first kappa shape index (κ1) is 7.38. The van der Waals surface area contributed by atoms with Crippen LogP contribution in [0.25, 0.3) is 0 Å². The van der Waals surface area contributed by atoms with Gasteiger partial charge < -0.3 is 0 Å². The predicted octanol–water partition coefficient (Wildman–Crippen LogP) is 1.03. The molecule has 1 aliphatic rings. The van der Waals surface area contributed by atoms with E-state index in [1.807, 2.05) is 18.8 Å². The van der Waals surface area contributed by atoms with Crippen molar-refractivity contribution in [2.75, 3.05) is 18.6 Å². The molecule has 0 amide bonds. The zero-order valence-electron chi connectivity index (χ0n) is 5.72. The highest BCUT2D eigenvalue weighted by Crippen LogP contribution is 2.18. The summed E-state index contributed by atoms with van der Waals surface area (Å²) < 4.78 is 0. The molecule has 1 aliphatic heterocycles. The van der Waals surface area contributed by atoms with Crippen LogP contribution in [0.4, 0.5) is 0 Å². The van der Waals surface area contributed by atoms with E-state index in [1.165, 1.54) is 18.6 Å². The second-order valence-corrected chi connectivity index (χ2v) is 3.31. The molecule has 1 rings (SSSR count). The van der Waals surface area contributed by atoms with E-state index in [2.05, 4.69) is 5.48 Å². The van der Waals surface area contributed by atoms with Crippen molar-refractivity contribution in [1.82, 2.24) is 5.48 Å². The van der Waals surface area contributed by atoms with E-state index in [-0.39, 0.29) is 0 Å². The second-order valence-electron chi connectivity index (χ2n) is 2.16. The standard InChI is InChI=1S/C6H13NOS/c1-7-8-6-3-2-4-9-5-6/h6-7H,2-5H2,1H3. The fraction of sp³-hybridized carbons (Fsp3) is 1.00. The Morgan fingerprint density at radius 1 is 1.67 bits per heavy atom. The fourth-order valence-corrected chi connectivity index (χ4v) is 2.01. The van der Waals surface area contributed by atoms with Crippen LogP contribution in [0.15, 0.2) is 0 Å². The number of rotatable bonds is 2. The van der Waals surface area contributed by atoms with Crippen LogP contribution < -0.4 is 5.48 Å². The molecular formula is C6H13NOS. The first-order valence-electron chi connectivity index (χ1n) is 3.33. The number of hydroxylamine groups is 1. The molecule has 1 saturated heterocycles. The van der Waals surface area contributed by atoms with Gasteiger partial charge >= 0.3 is 0 Å². The van der Waals surface area contributed by atoms with Gasteiger partial charge in [-0.25, -0.2) is 5.48 Å². The van der Waals surface area contributed by atoms with Gasteiger partial charge in [0.25, 0.3) is 0 Å². The summed E-state index contributed by atoms with van der Waals surface area (Å²) in [6.07, 6.45) is 2.97. The minimum Gasteiger partial charge on any atom is -0.298 e. The van der Waals surface area contributed by atoms with Gasteiger partial charge in [-0.05, 0) is 18.6 Å². The van der Waals surface area contributed by atoms with Crippen LogP contribution in [0.5, 0.6) is 0 Å². The topological polar surface area (TPSA) is 21.3 Å². The normalized spacial score (nSPS) is 28.3. The summed E-state index contributed by atoms with van der Waals surface area (Å²) in [6, 6.07) is 0. The minimum atomic E-state index is 0.453. The summed E-state index contributed by atoms with van der Waals surface area (Å²) in [6.45, 7) is 0. The van der Waals surface area contributed by atoms with Crippen molar-refractivity contribution in [3.05, 3.63) is 0 Å². The van der Waals surface area contributed by atoms with Crippen LogP contribution in [0.1, 0.15) is 12.8 Å². The highest BCUT2D eigenvalue weighted by Gasteiger charge is 2.12. The first-order chi connectivity index (χ1) is 4.43. The Morgan fingerprint density at radius 3 is 3.11 bits per heavy atom. The number of nitrogens with one attached hydrogen (secondary N) is 1. The van der Waals surface area contributed by atoms with Crippen LogP contribution in [0, 0.1) is 0 Å². The quantitative estimate of drug-likeness (QED) is 0.589. The molecule has 1 heterocycles. The molecule has 0 aromatic heterocycles. The maximum atomic E-state index is 5.21. The smallest absolute Gasteiger partial charge is 0.0880 e. The van der Waals surface area contributed by atoms with E-state index in [4.69, 9.17) is 4.84 Å². The van der Waals surface area contributed by atoms with Crippen LogP contribution in [-0.2, 0) is 4.84 Å². The molecule has 0 aromatic carbocycles. The van der Waals surface area contributed by atoms with Gasteiger partial charge in [-0.1, -0.05) is 0 Å². The van der Waals surface area contributed by atoms with Crippen LogP contribution >= 0.6 is 11.8 Å². The van der Waals surface area contributed by atoms with Crippen LogP contribution in [-0.4, -0.2) is 24.7 Å². The summed E-state index contributed by atoms with van der Waals surface area (Å²) in [5, 5.41) is 0. The van der Waals surface area contributed by atoms with Gasteiger partial charge in [0.05, 0.1) is 6.10 Å². The van der Waals surface area contributed by atoms with Crippen molar-refractivity contribution < 1.29 is 4.84 Å². The molecule has 0 radical (unpaired) electrons. The Hall–Kier alpha value is 0.270. The van der Waals surface area contributed by atoms with Crippen LogP contribution in [0.3, 0.4) is 0 Å². The third-order valence-corrected chi connectivity index (χ3v) is 2.59. The van der Waals surface area contributed by atoms with E-state index in [9.17, 15) is 0 Å². The van der Waals surface area contributed by atoms with E-state index in [0.29, 0.717) is 6.10 Å². The molecule has 3 heteroatoms. The average molecular weight is 147 g/mol. The second kappa shape index (κ2) is 4.14. The third-order valence-electron chi connectivity index (χ3n) is 1.40. The number of thioether (sulfide) groups is 1. The molecule has 0 saturated carbocycles. The molecule has 1 N–H and O–H groups in total. The molecule has 0 bridgehead atoms. The zero-order valence-corrected chi connectivity index (χ0v) is 6.54. The van der Waals surface area contributed by atoms with Crippen molar-refractivity contribution in [3.8, 4) is 0 Å². The molecule has 2 nitrogen and oxygen atoms in total. The summed E-state index contributed by atoms with van der Waals surface area (Å²) in [4.78, 5) is 5.21. The lowest BCUT2D eigenvalue weighted by atomic mass is 10.2. The summed E-state index contributed by atoms with van der Waals surface area (Å²) in [5.41, 5.74) is 2.72. The summed E-state index contributed by atoms with van der Waals surface area (Å²) in [5.74, 6) is 2.46. The molecule has 1 unspecified atom stereocenters. The summed E-state index contributed by atoms with van der Waals surface area (Å²) >= 11 is 1.98. The Kier molecular flexibility index (Phi) is 3.40. The van der Waals surface area contributed by atoms with Crippen molar-refractivity contribution in [1.29, 1.82) is 0 Å². The number of hydrogen-bond donors (Lipinski definition) is 1. The van der Waals surface area contributed by atoms with E-state index >= 15 is 0 Å². The Labute approximate surface area is 60.3 Å². The first-order valence-corrected chi connectivity index (χ1v) is 4.49. The lowest BCUT2D eigenvalue weighted by Crippen LogP contribution is -2.25.